The molecule has 0 amide bonds. The first kappa shape index (κ1) is 15.1. The number of para-hydroxylation sites is 2. The summed E-state index contributed by atoms with van der Waals surface area (Å²) < 4.78 is 31.0. The zero-order chi connectivity index (χ0) is 14.6. The fourth-order valence-electron chi connectivity index (χ4n) is 2.20. The van der Waals surface area contributed by atoms with Gasteiger partial charge in [0.2, 0.25) is 10.0 Å². The van der Waals surface area contributed by atoms with Crippen molar-refractivity contribution >= 4 is 15.7 Å². The first-order valence-electron chi connectivity index (χ1n) is 6.59. The van der Waals surface area contributed by atoms with Gasteiger partial charge in [0, 0.05) is 19.7 Å². The number of ether oxygens (including phenoxy) is 1. The number of aliphatic hydroxyl groups is 1. The summed E-state index contributed by atoms with van der Waals surface area (Å²) in [5.74, 6) is 0.465. The number of nitrogens with zero attached hydrogens (tertiary/aromatic N) is 1. The first-order chi connectivity index (χ1) is 9.53. The monoisotopic (exact) mass is 300 g/mol. The molecule has 7 heteroatoms. The Kier molecular flexibility index (Phi) is 4.85. The summed E-state index contributed by atoms with van der Waals surface area (Å²) in [5, 5.41) is 9.04. The van der Waals surface area contributed by atoms with Crippen LogP contribution in [0.5, 0.6) is 5.75 Å². The topological polar surface area (TPSA) is 92.9 Å². The van der Waals surface area contributed by atoms with Gasteiger partial charge in [-0.15, -0.1) is 0 Å². The predicted octanol–water partition coefficient (Wildman–Crippen LogP) is 0.292. The Morgan fingerprint density at radius 2 is 2.15 bits per heavy atom. The molecule has 1 aromatic rings. The summed E-state index contributed by atoms with van der Waals surface area (Å²) in [5.41, 5.74) is 6.21. The molecule has 3 N–H and O–H groups in total. The standard InChI is InChI=1S/C13H20N2O4S/c14-12-3-1-2-4-13(12)19-7-8-20(17,18)15-6-5-11(9-15)10-16/h1-4,11,16H,5-10,14H2. The van der Waals surface area contributed by atoms with Gasteiger partial charge in [0.25, 0.3) is 0 Å². The molecule has 1 aliphatic heterocycles. The Morgan fingerprint density at radius 1 is 1.40 bits per heavy atom. The number of hydrogen-bond donors (Lipinski definition) is 2. The molecule has 1 unspecified atom stereocenters. The van der Waals surface area contributed by atoms with Crippen LogP contribution in [0.4, 0.5) is 5.69 Å². The van der Waals surface area contributed by atoms with Gasteiger partial charge in [-0.2, -0.15) is 0 Å². The highest BCUT2D eigenvalue weighted by Gasteiger charge is 2.30. The quantitative estimate of drug-likeness (QED) is 0.737. The van der Waals surface area contributed by atoms with E-state index in [0.29, 0.717) is 30.9 Å². The van der Waals surface area contributed by atoms with Crippen LogP contribution in [0.3, 0.4) is 0 Å². The normalized spacial score (nSPS) is 20.1. The molecule has 6 nitrogen and oxygen atoms in total. The van der Waals surface area contributed by atoms with Crippen LogP contribution in [0.15, 0.2) is 24.3 Å². The molecule has 20 heavy (non-hydrogen) atoms. The van der Waals surface area contributed by atoms with Gasteiger partial charge in [-0.05, 0) is 24.5 Å². The van der Waals surface area contributed by atoms with Crippen molar-refractivity contribution in [3.63, 3.8) is 0 Å². The van der Waals surface area contributed by atoms with Crippen molar-refractivity contribution in [1.82, 2.24) is 4.31 Å². The third-order valence-electron chi connectivity index (χ3n) is 3.42. The second-order valence-corrected chi connectivity index (χ2v) is 6.99. The Labute approximate surface area is 119 Å². The summed E-state index contributed by atoms with van der Waals surface area (Å²) in [7, 11) is -3.33. The van der Waals surface area contributed by atoms with Gasteiger partial charge < -0.3 is 15.6 Å². The minimum Gasteiger partial charge on any atom is -0.490 e. The van der Waals surface area contributed by atoms with Gasteiger partial charge in [0.1, 0.15) is 12.4 Å². The lowest BCUT2D eigenvalue weighted by atomic mass is 10.1. The fourth-order valence-corrected chi connectivity index (χ4v) is 3.57. The molecule has 0 aliphatic carbocycles. The zero-order valence-electron chi connectivity index (χ0n) is 11.2. The lowest BCUT2D eigenvalue weighted by Gasteiger charge is -2.16. The molecule has 1 heterocycles. The van der Waals surface area contributed by atoms with E-state index in [4.69, 9.17) is 15.6 Å². The largest absolute Gasteiger partial charge is 0.490 e. The molecule has 0 spiro atoms. The number of anilines is 1. The average Bonchev–Trinajstić information content (AvgIpc) is 2.90. The smallest absolute Gasteiger partial charge is 0.217 e. The number of hydrogen-bond acceptors (Lipinski definition) is 5. The van der Waals surface area contributed by atoms with Gasteiger partial charge in [-0.1, -0.05) is 12.1 Å². The second kappa shape index (κ2) is 6.43. The summed E-state index contributed by atoms with van der Waals surface area (Å²) >= 11 is 0. The maximum absolute atomic E-state index is 12.1. The third kappa shape index (κ3) is 3.62. The van der Waals surface area contributed by atoms with E-state index in [2.05, 4.69) is 0 Å². The van der Waals surface area contributed by atoms with E-state index in [-0.39, 0.29) is 24.9 Å². The predicted molar refractivity (Wildman–Crippen MR) is 76.9 cm³/mol. The number of aliphatic hydroxyl groups excluding tert-OH is 1. The Hall–Kier alpha value is -1.31. The molecular weight excluding hydrogens is 280 g/mol. The highest BCUT2D eigenvalue weighted by Crippen LogP contribution is 2.21. The zero-order valence-corrected chi connectivity index (χ0v) is 12.1. The maximum atomic E-state index is 12.1. The second-order valence-electron chi connectivity index (χ2n) is 4.90. The number of nitrogens with two attached hydrogens (primary N) is 1. The molecule has 0 bridgehead atoms. The van der Waals surface area contributed by atoms with Crippen LogP contribution in [0.1, 0.15) is 6.42 Å². The SMILES string of the molecule is Nc1ccccc1OCCS(=O)(=O)N1CCC(CO)C1. The van der Waals surface area contributed by atoms with Crippen LogP contribution in [0.2, 0.25) is 0 Å². The summed E-state index contributed by atoms with van der Waals surface area (Å²) in [4.78, 5) is 0. The molecule has 0 saturated carbocycles. The molecule has 112 valence electrons. The van der Waals surface area contributed by atoms with E-state index in [1.807, 2.05) is 0 Å². The molecule has 0 aromatic heterocycles. The number of nitrogen functional groups attached to an aromatic ring is 1. The molecule has 1 aromatic carbocycles. The van der Waals surface area contributed by atoms with Crippen LogP contribution >= 0.6 is 0 Å². The molecule has 2 rings (SSSR count). The van der Waals surface area contributed by atoms with E-state index in [1.165, 1.54) is 4.31 Å². The number of sulfonamides is 1. The Balaban J connectivity index is 1.86. The van der Waals surface area contributed by atoms with Gasteiger partial charge in [0.15, 0.2) is 0 Å². The van der Waals surface area contributed by atoms with Gasteiger partial charge in [-0.25, -0.2) is 12.7 Å². The van der Waals surface area contributed by atoms with Crippen LogP contribution < -0.4 is 10.5 Å². The average molecular weight is 300 g/mol. The summed E-state index contributed by atoms with van der Waals surface area (Å²) in [6.45, 7) is 0.966. The van der Waals surface area contributed by atoms with Crippen molar-refractivity contribution in [2.24, 2.45) is 5.92 Å². The first-order valence-corrected chi connectivity index (χ1v) is 8.20. The molecule has 1 saturated heterocycles. The van der Waals surface area contributed by atoms with Crippen LogP contribution in [-0.4, -0.2) is 49.9 Å². The fraction of sp³-hybridized carbons (Fsp3) is 0.538. The van der Waals surface area contributed by atoms with Gasteiger partial charge in [0.05, 0.1) is 11.4 Å². The summed E-state index contributed by atoms with van der Waals surface area (Å²) in [6.07, 6.45) is 0.711. The van der Waals surface area contributed by atoms with Crippen molar-refractivity contribution in [2.75, 3.05) is 37.8 Å². The lowest BCUT2D eigenvalue weighted by molar-refractivity contribution is 0.233. The van der Waals surface area contributed by atoms with Crippen molar-refractivity contribution in [1.29, 1.82) is 0 Å². The minimum absolute atomic E-state index is 0.0308. The molecular formula is C13H20N2O4S. The van der Waals surface area contributed by atoms with E-state index in [0.717, 1.165) is 0 Å². The molecule has 1 aliphatic rings. The van der Waals surface area contributed by atoms with Crippen LogP contribution in [0.25, 0.3) is 0 Å². The molecule has 1 fully saturated rings. The molecule has 0 radical (unpaired) electrons. The van der Waals surface area contributed by atoms with Crippen LogP contribution in [0, 0.1) is 5.92 Å². The minimum atomic E-state index is -3.33. The van der Waals surface area contributed by atoms with Crippen molar-refractivity contribution in [3.05, 3.63) is 24.3 Å². The van der Waals surface area contributed by atoms with Crippen molar-refractivity contribution in [2.45, 2.75) is 6.42 Å². The van der Waals surface area contributed by atoms with Crippen molar-refractivity contribution in [3.8, 4) is 5.75 Å². The van der Waals surface area contributed by atoms with Gasteiger partial charge in [-0.3, -0.25) is 0 Å². The van der Waals surface area contributed by atoms with Crippen molar-refractivity contribution < 1.29 is 18.3 Å². The third-order valence-corrected chi connectivity index (χ3v) is 5.22. The number of rotatable bonds is 6. The highest BCUT2D eigenvalue weighted by atomic mass is 32.2. The number of benzene rings is 1. The maximum Gasteiger partial charge on any atom is 0.217 e. The lowest BCUT2D eigenvalue weighted by Crippen LogP contribution is -2.33. The van der Waals surface area contributed by atoms with E-state index < -0.39 is 10.0 Å². The Morgan fingerprint density at radius 3 is 2.80 bits per heavy atom. The Bertz CT molecular complexity index is 547. The molecule has 1 atom stereocenters. The van der Waals surface area contributed by atoms with E-state index in [1.54, 1.807) is 24.3 Å². The highest BCUT2D eigenvalue weighted by molar-refractivity contribution is 7.89. The van der Waals surface area contributed by atoms with Gasteiger partial charge >= 0.3 is 0 Å². The van der Waals surface area contributed by atoms with Crippen LogP contribution in [-0.2, 0) is 10.0 Å². The summed E-state index contributed by atoms with van der Waals surface area (Å²) in [6, 6.07) is 6.99. The van der Waals surface area contributed by atoms with E-state index in [9.17, 15) is 8.42 Å². The van der Waals surface area contributed by atoms with E-state index >= 15 is 0 Å².